The minimum absolute atomic E-state index is 0.0546. The molecule has 0 spiro atoms. The SMILES string of the molecule is CCCCCC1CCC(C2CCC(c3ccc(-c4cc(F)c(C(F)(F)Oc5cc(F)c(F)c(F)c5)c(F)c4)cc3)CC2)CC1. The van der Waals surface area contributed by atoms with Crippen LogP contribution < -0.4 is 4.74 Å². The quantitative estimate of drug-likeness (QED) is 0.124. The van der Waals surface area contributed by atoms with Crippen LogP contribution in [0.4, 0.5) is 30.7 Å². The topological polar surface area (TPSA) is 9.23 Å². The van der Waals surface area contributed by atoms with Gasteiger partial charge in [-0.2, -0.15) is 8.78 Å². The Balaban J connectivity index is 1.19. The molecule has 2 fully saturated rings. The number of hydrogen-bond donors (Lipinski definition) is 0. The molecule has 8 heteroatoms. The van der Waals surface area contributed by atoms with Gasteiger partial charge in [-0.15, -0.1) is 0 Å². The number of rotatable bonds is 10. The smallest absolute Gasteiger partial charge is 0.429 e. The third-order valence-corrected chi connectivity index (χ3v) is 9.80. The molecule has 0 atom stereocenters. The van der Waals surface area contributed by atoms with Gasteiger partial charge < -0.3 is 4.74 Å². The first kappa shape index (κ1) is 32.4. The van der Waals surface area contributed by atoms with Crippen LogP contribution in [0.5, 0.6) is 5.75 Å². The minimum atomic E-state index is -4.62. The summed E-state index contributed by atoms with van der Waals surface area (Å²) in [7, 11) is 0. The van der Waals surface area contributed by atoms with Gasteiger partial charge in [0.1, 0.15) is 22.9 Å². The van der Waals surface area contributed by atoms with Crippen LogP contribution >= 0.6 is 0 Å². The first-order chi connectivity index (χ1) is 21.1. The minimum Gasteiger partial charge on any atom is -0.429 e. The monoisotopic (exact) mass is 620 g/mol. The molecular weight excluding hydrogens is 581 g/mol. The van der Waals surface area contributed by atoms with Crippen molar-refractivity contribution in [2.75, 3.05) is 0 Å². The Morgan fingerprint density at radius 3 is 1.75 bits per heavy atom. The molecule has 0 aliphatic heterocycles. The maximum Gasteiger partial charge on any atom is 0.432 e. The summed E-state index contributed by atoms with van der Waals surface area (Å²) in [5.74, 6) is -6.80. The van der Waals surface area contributed by atoms with Gasteiger partial charge in [0.2, 0.25) is 0 Å². The molecule has 0 radical (unpaired) electrons. The van der Waals surface area contributed by atoms with Crippen LogP contribution in [0.3, 0.4) is 0 Å². The second kappa shape index (κ2) is 13.9. The van der Waals surface area contributed by atoms with Gasteiger partial charge in [-0.1, -0.05) is 69.7 Å². The van der Waals surface area contributed by atoms with Gasteiger partial charge in [0.25, 0.3) is 0 Å². The maximum atomic E-state index is 14.9. The highest BCUT2D eigenvalue weighted by molar-refractivity contribution is 5.64. The van der Waals surface area contributed by atoms with Gasteiger partial charge in [-0.05, 0) is 91.0 Å². The molecule has 1 nitrogen and oxygen atoms in total. The van der Waals surface area contributed by atoms with Gasteiger partial charge in [-0.3, -0.25) is 0 Å². The largest absolute Gasteiger partial charge is 0.432 e. The third kappa shape index (κ3) is 7.43. The number of hydrogen-bond acceptors (Lipinski definition) is 1. The predicted molar refractivity (Wildman–Crippen MR) is 157 cm³/mol. The van der Waals surface area contributed by atoms with Crippen molar-refractivity contribution in [3.8, 4) is 16.9 Å². The average Bonchev–Trinajstić information content (AvgIpc) is 3.00. The van der Waals surface area contributed by atoms with Crippen LogP contribution in [-0.4, -0.2) is 0 Å². The Kier molecular flexibility index (Phi) is 10.3. The fraction of sp³-hybridized carbons (Fsp3) is 0.500. The highest BCUT2D eigenvalue weighted by Gasteiger charge is 2.41. The van der Waals surface area contributed by atoms with Crippen molar-refractivity contribution in [3.05, 3.63) is 88.7 Å². The van der Waals surface area contributed by atoms with Crippen LogP contribution in [0, 0.1) is 46.8 Å². The molecule has 0 unspecified atom stereocenters. The van der Waals surface area contributed by atoms with Crippen molar-refractivity contribution in [3.63, 3.8) is 0 Å². The van der Waals surface area contributed by atoms with Gasteiger partial charge in [0.15, 0.2) is 17.5 Å². The van der Waals surface area contributed by atoms with Crippen LogP contribution in [0.15, 0.2) is 48.5 Å². The molecule has 0 amide bonds. The first-order valence-electron chi connectivity index (χ1n) is 15.9. The molecule has 0 aromatic heterocycles. The molecule has 3 aromatic rings. The normalized spacial score (nSPS) is 22.6. The van der Waals surface area contributed by atoms with Gasteiger partial charge in [0, 0.05) is 12.1 Å². The summed E-state index contributed by atoms with van der Waals surface area (Å²) in [6, 6.07) is 9.19. The molecule has 0 bridgehead atoms. The highest BCUT2D eigenvalue weighted by Crippen LogP contribution is 2.45. The summed E-state index contributed by atoms with van der Waals surface area (Å²) in [4.78, 5) is 0. The number of alkyl halides is 2. The van der Waals surface area contributed by atoms with E-state index in [1.165, 1.54) is 64.2 Å². The Morgan fingerprint density at radius 2 is 1.20 bits per heavy atom. The van der Waals surface area contributed by atoms with E-state index in [0.717, 1.165) is 48.3 Å². The zero-order chi connectivity index (χ0) is 31.4. The zero-order valence-corrected chi connectivity index (χ0v) is 25.0. The van der Waals surface area contributed by atoms with Crippen molar-refractivity contribution in [2.24, 2.45) is 17.8 Å². The van der Waals surface area contributed by atoms with Crippen molar-refractivity contribution < 1.29 is 35.5 Å². The standard InChI is InChI=1S/C36H39F7O/c1-2-3-4-5-22-6-8-23(9-7-22)24-10-12-25(13-11-24)26-14-16-27(17-15-26)28-18-30(37)34(31(38)19-28)36(42,43)44-29-20-32(39)35(41)33(40)21-29/h14-25H,2-13H2,1H3. The Morgan fingerprint density at radius 1 is 0.659 bits per heavy atom. The van der Waals surface area contributed by atoms with Crippen LogP contribution in [0.25, 0.3) is 11.1 Å². The van der Waals surface area contributed by atoms with Gasteiger partial charge >= 0.3 is 6.11 Å². The molecule has 3 aromatic carbocycles. The molecular formula is C36H39F7O. The van der Waals surface area contributed by atoms with E-state index < -0.39 is 46.5 Å². The molecule has 0 N–H and O–H groups in total. The zero-order valence-electron chi connectivity index (χ0n) is 25.0. The number of ether oxygens (including phenoxy) is 1. The molecule has 5 rings (SSSR count). The Labute approximate surface area is 254 Å². The van der Waals surface area contributed by atoms with Crippen LogP contribution in [-0.2, 0) is 6.11 Å². The van der Waals surface area contributed by atoms with Crippen molar-refractivity contribution in [1.29, 1.82) is 0 Å². The number of unbranched alkanes of at least 4 members (excludes halogenated alkanes) is 2. The van der Waals surface area contributed by atoms with Crippen molar-refractivity contribution in [1.82, 2.24) is 0 Å². The van der Waals surface area contributed by atoms with E-state index in [4.69, 9.17) is 0 Å². The van der Waals surface area contributed by atoms with Crippen molar-refractivity contribution >= 4 is 0 Å². The molecule has 0 heterocycles. The summed E-state index contributed by atoms with van der Waals surface area (Å²) in [6.45, 7) is 2.25. The molecule has 44 heavy (non-hydrogen) atoms. The summed E-state index contributed by atoms with van der Waals surface area (Å²) >= 11 is 0. The van der Waals surface area contributed by atoms with Gasteiger partial charge in [-0.25, -0.2) is 22.0 Å². The lowest BCUT2D eigenvalue weighted by Crippen LogP contribution is -2.25. The summed E-state index contributed by atoms with van der Waals surface area (Å²) in [5.41, 5.74) is -0.0544. The second-order valence-corrected chi connectivity index (χ2v) is 12.6. The predicted octanol–water partition coefficient (Wildman–Crippen LogP) is 11.8. The molecule has 2 saturated carbocycles. The van der Waals surface area contributed by atoms with Gasteiger partial charge in [0.05, 0.1) is 0 Å². The Bertz CT molecular complexity index is 1360. The molecule has 238 valence electrons. The lowest BCUT2D eigenvalue weighted by atomic mass is 9.68. The maximum absolute atomic E-state index is 14.9. The fourth-order valence-corrected chi connectivity index (χ4v) is 7.31. The summed E-state index contributed by atoms with van der Waals surface area (Å²) in [6.07, 6.45) is 10.8. The van der Waals surface area contributed by atoms with E-state index in [-0.39, 0.29) is 17.7 Å². The molecule has 0 saturated heterocycles. The molecule has 2 aliphatic rings. The van der Waals surface area contributed by atoms with Crippen molar-refractivity contribution in [2.45, 2.75) is 96.0 Å². The second-order valence-electron chi connectivity index (χ2n) is 12.6. The number of halogens is 7. The van der Waals surface area contributed by atoms with E-state index >= 15 is 0 Å². The fourth-order valence-electron chi connectivity index (χ4n) is 7.31. The lowest BCUT2D eigenvalue weighted by Gasteiger charge is -2.38. The lowest BCUT2D eigenvalue weighted by molar-refractivity contribution is -0.189. The average molecular weight is 621 g/mol. The van der Waals surface area contributed by atoms with E-state index in [2.05, 4.69) is 11.7 Å². The summed E-state index contributed by atoms with van der Waals surface area (Å²) < 4.78 is 103. The van der Waals surface area contributed by atoms with E-state index in [1.807, 2.05) is 12.1 Å². The first-order valence-corrected chi connectivity index (χ1v) is 15.9. The van der Waals surface area contributed by atoms with Crippen LogP contribution in [0.1, 0.15) is 101 Å². The van der Waals surface area contributed by atoms with E-state index in [1.54, 1.807) is 12.1 Å². The third-order valence-electron chi connectivity index (χ3n) is 9.80. The van der Waals surface area contributed by atoms with E-state index in [0.29, 0.717) is 11.5 Å². The van der Waals surface area contributed by atoms with Crippen LogP contribution in [0.2, 0.25) is 0 Å². The molecule has 2 aliphatic carbocycles. The Hall–Kier alpha value is -3.03. The summed E-state index contributed by atoms with van der Waals surface area (Å²) in [5, 5.41) is 0. The highest BCUT2D eigenvalue weighted by atomic mass is 19.3. The van der Waals surface area contributed by atoms with E-state index in [9.17, 15) is 30.7 Å². The number of benzene rings is 3.